The summed E-state index contributed by atoms with van der Waals surface area (Å²) in [6.45, 7) is 0.386. The second-order valence-electron chi connectivity index (χ2n) is 3.58. The molecule has 98 valence electrons. The molecule has 0 unspecified atom stereocenters. The number of nitrogens with zero attached hydrogens (tertiary/aromatic N) is 3. The van der Waals surface area contributed by atoms with Crippen LogP contribution in [-0.2, 0) is 9.53 Å². The SMILES string of the molecule is COC(=O)CCN(C)c1ccc([N+](=O)[O-])c(N)n1. The summed E-state index contributed by atoms with van der Waals surface area (Å²) in [6.07, 6.45) is 0.200. The number of nitrogen functional groups attached to an aromatic ring is 1. The number of rotatable bonds is 5. The van der Waals surface area contributed by atoms with Gasteiger partial charge in [-0.15, -0.1) is 0 Å². The molecule has 8 heteroatoms. The molecule has 1 aromatic heterocycles. The van der Waals surface area contributed by atoms with Gasteiger partial charge < -0.3 is 15.4 Å². The molecule has 0 aliphatic heterocycles. The fraction of sp³-hybridized carbons (Fsp3) is 0.400. The Balaban J connectivity index is 2.75. The van der Waals surface area contributed by atoms with E-state index in [9.17, 15) is 14.9 Å². The monoisotopic (exact) mass is 254 g/mol. The Labute approximate surface area is 104 Å². The zero-order valence-corrected chi connectivity index (χ0v) is 10.1. The van der Waals surface area contributed by atoms with Crippen molar-refractivity contribution in [2.24, 2.45) is 0 Å². The lowest BCUT2D eigenvalue weighted by Gasteiger charge is -2.17. The Morgan fingerprint density at radius 3 is 2.78 bits per heavy atom. The van der Waals surface area contributed by atoms with Crippen LogP contribution in [-0.4, -0.2) is 36.6 Å². The minimum Gasteiger partial charge on any atom is -0.469 e. The summed E-state index contributed by atoms with van der Waals surface area (Å²) in [6, 6.07) is 2.76. The molecule has 0 saturated carbocycles. The first-order valence-electron chi connectivity index (χ1n) is 5.14. The van der Waals surface area contributed by atoms with Gasteiger partial charge in [-0.3, -0.25) is 14.9 Å². The van der Waals surface area contributed by atoms with Crippen LogP contribution in [0.3, 0.4) is 0 Å². The van der Waals surface area contributed by atoms with Gasteiger partial charge in [0.05, 0.1) is 18.5 Å². The van der Waals surface area contributed by atoms with E-state index in [2.05, 4.69) is 9.72 Å². The Morgan fingerprint density at radius 1 is 1.61 bits per heavy atom. The van der Waals surface area contributed by atoms with Crippen LogP contribution in [0, 0.1) is 10.1 Å². The molecule has 18 heavy (non-hydrogen) atoms. The van der Waals surface area contributed by atoms with Gasteiger partial charge in [-0.05, 0) is 6.07 Å². The minimum absolute atomic E-state index is 0.151. The fourth-order valence-electron chi connectivity index (χ4n) is 1.30. The Kier molecular flexibility index (Phi) is 4.41. The number of ether oxygens (including phenoxy) is 1. The number of nitrogens with two attached hydrogens (primary N) is 1. The molecule has 0 bridgehead atoms. The van der Waals surface area contributed by atoms with Crippen molar-refractivity contribution < 1.29 is 14.5 Å². The van der Waals surface area contributed by atoms with Crippen molar-refractivity contribution in [3.8, 4) is 0 Å². The number of hydrogen-bond acceptors (Lipinski definition) is 7. The van der Waals surface area contributed by atoms with Crippen LogP contribution in [0.25, 0.3) is 0 Å². The molecular weight excluding hydrogens is 240 g/mol. The molecule has 0 amide bonds. The van der Waals surface area contributed by atoms with E-state index in [4.69, 9.17) is 5.73 Å². The van der Waals surface area contributed by atoms with E-state index in [1.807, 2.05) is 0 Å². The highest BCUT2D eigenvalue weighted by atomic mass is 16.6. The third-order valence-corrected chi connectivity index (χ3v) is 2.35. The first-order valence-corrected chi connectivity index (χ1v) is 5.14. The van der Waals surface area contributed by atoms with Crippen molar-refractivity contribution in [1.29, 1.82) is 0 Å². The van der Waals surface area contributed by atoms with Gasteiger partial charge in [-0.25, -0.2) is 4.98 Å². The second-order valence-corrected chi connectivity index (χ2v) is 3.58. The highest BCUT2D eigenvalue weighted by Crippen LogP contribution is 2.22. The number of hydrogen-bond donors (Lipinski definition) is 1. The summed E-state index contributed by atoms with van der Waals surface area (Å²) in [4.78, 5) is 26.5. The van der Waals surface area contributed by atoms with Gasteiger partial charge in [0.1, 0.15) is 5.82 Å². The third kappa shape index (κ3) is 3.30. The molecule has 1 heterocycles. The van der Waals surface area contributed by atoms with E-state index in [0.29, 0.717) is 12.4 Å². The van der Waals surface area contributed by atoms with E-state index in [0.717, 1.165) is 0 Å². The summed E-state index contributed by atoms with van der Waals surface area (Å²) in [5.74, 6) is -0.0267. The predicted octanol–water partition coefficient (Wildman–Crippen LogP) is 0.571. The van der Waals surface area contributed by atoms with Gasteiger partial charge in [-0.1, -0.05) is 0 Å². The van der Waals surface area contributed by atoms with Crippen LogP contribution in [0.5, 0.6) is 0 Å². The Hall–Kier alpha value is -2.38. The van der Waals surface area contributed by atoms with E-state index in [1.54, 1.807) is 11.9 Å². The topological polar surface area (TPSA) is 112 Å². The van der Waals surface area contributed by atoms with Crippen molar-refractivity contribution in [3.05, 3.63) is 22.2 Å². The summed E-state index contributed by atoms with van der Waals surface area (Å²) in [5.41, 5.74) is 5.24. The predicted molar refractivity (Wildman–Crippen MR) is 65.2 cm³/mol. The lowest BCUT2D eigenvalue weighted by molar-refractivity contribution is -0.384. The van der Waals surface area contributed by atoms with Gasteiger partial charge in [0.25, 0.3) is 0 Å². The normalized spacial score (nSPS) is 9.89. The molecule has 0 atom stereocenters. The average molecular weight is 254 g/mol. The smallest absolute Gasteiger partial charge is 0.311 e. The van der Waals surface area contributed by atoms with E-state index >= 15 is 0 Å². The number of anilines is 2. The number of carbonyl (C=O) groups excluding carboxylic acids is 1. The van der Waals surface area contributed by atoms with Crippen molar-refractivity contribution in [2.45, 2.75) is 6.42 Å². The summed E-state index contributed by atoms with van der Waals surface area (Å²) in [7, 11) is 3.01. The van der Waals surface area contributed by atoms with Crippen LogP contribution in [0.1, 0.15) is 6.42 Å². The molecule has 0 aliphatic rings. The summed E-state index contributed by atoms with van der Waals surface area (Å²) in [5, 5.41) is 10.6. The van der Waals surface area contributed by atoms with Gasteiger partial charge in [0, 0.05) is 19.7 Å². The highest BCUT2D eigenvalue weighted by molar-refractivity contribution is 5.70. The van der Waals surface area contributed by atoms with E-state index in [1.165, 1.54) is 19.2 Å². The van der Waals surface area contributed by atoms with Gasteiger partial charge in [0.2, 0.25) is 5.82 Å². The zero-order valence-electron chi connectivity index (χ0n) is 10.1. The summed E-state index contributed by atoms with van der Waals surface area (Å²) < 4.78 is 4.51. The largest absolute Gasteiger partial charge is 0.469 e. The molecule has 2 N–H and O–H groups in total. The maximum Gasteiger partial charge on any atom is 0.311 e. The number of aromatic nitrogens is 1. The standard InChI is InChI=1S/C10H14N4O4/c1-13(6-5-9(15)18-2)8-4-3-7(14(16)17)10(11)12-8/h3-4H,5-6H2,1-2H3,(H2,11,12). The molecule has 0 spiro atoms. The third-order valence-electron chi connectivity index (χ3n) is 2.35. The maximum atomic E-state index is 11.0. The van der Waals surface area contributed by atoms with Crippen LogP contribution in [0.15, 0.2) is 12.1 Å². The number of methoxy groups -OCH3 is 1. The second kappa shape index (κ2) is 5.80. The number of carbonyl (C=O) groups is 1. The first-order chi connectivity index (χ1) is 8.45. The molecule has 1 rings (SSSR count). The molecule has 0 aliphatic carbocycles. The lowest BCUT2D eigenvalue weighted by atomic mass is 10.3. The van der Waals surface area contributed by atoms with E-state index in [-0.39, 0.29) is 23.9 Å². The van der Waals surface area contributed by atoms with E-state index < -0.39 is 4.92 Å². The Bertz CT molecular complexity index is 463. The van der Waals surface area contributed by atoms with Crippen LogP contribution in [0.2, 0.25) is 0 Å². The highest BCUT2D eigenvalue weighted by Gasteiger charge is 2.14. The van der Waals surface area contributed by atoms with Gasteiger partial charge in [0.15, 0.2) is 0 Å². The van der Waals surface area contributed by atoms with Crippen LogP contribution < -0.4 is 10.6 Å². The fourth-order valence-corrected chi connectivity index (χ4v) is 1.30. The summed E-state index contributed by atoms with van der Waals surface area (Å²) >= 11 is 0. The van der Waals surface area contributed by atoms with Crippen molar-refractivity contribution >= 4 is 23.3 Å². The van der Waals surface area contributed by atoms with Crippen molar-refractivity contribution in [1.82, 2.24) is 4.98 Å². The average Bonchev–Trinajstić information content (AvgIpc) is 2.34. The van der Waals surface area contributed by atoms with Crippen molar-refractivity contribution in [3.63, 3.8) is 0 Å². The minimum atomic E-state index is -0.597. The molecule has 1 aromatic rings. The number of esters is 1. The molecule has 0 fully saturated rings. The molecule has 8 nitrogen and oxygen atoms in total. The zero-order chi connectivity index (χ0) is 13.7. The molecular formula is C10H14N4O4. The quantitative estimate of drug-likeness (QED) is 0.464. The number of nitro groups is 1. The first kappa shape index (κ1) is 13.7. The maximum absolute atomic E-state index is 11.0. The van der Waals surface area contributed by atoms with Crippen LogP contribution >= 0.6 is 0 Å². The molecule has 0 radical (unpaired) electrons. The Morgan fingerprint density at radius 2 is 2.28 bits per heavy atom. The molecule has 0 aromatic carbocycles. The lowest BCUT2D eigenvalue weighted by Crippen LogP contribution is -2.22. The number of pyridine rings is 1. The van der Waals surface area contributed by atoms with Gasteiger partial charge in [-0.2, -0.15) is 0 Å². The molecule has 0 saturated heterocycles. The van der Waals surface area contributed by atoms with Crippen LogP contribution in [0.4, 0.5) is 17.3 Å². The van der Waals surface area contributed by atoms with Crippen molar-refractivity contribution in [2.75, 3.05) is 31.3 Å². The van der Waals surface area contributed by atoms with Gasteiger partial charge >= 0.3 is 11.7 Å².